The number of nitrogens with one attached hydrogen (secondary N) is 4. The number of hydrogen-bond donors (Lipinski definition) is 4. The lowest BCUT2D eigenvalue weighted by atomic mass is 9.85. The second kappa shape index (κ2) is 15.0. The summed E-state index contributed by atoms with van der Waals surface area (Å²) < 4.78 is 27.9. The van der Waals surface area contributed by atoms with Gasteiger partial charge in [0.25, 0.3) is 5.91 Å². The van der Waals surface area contributed by atoms with Gasteiger partial charge in [-0.1, -0.05) is 78.2 Å². The zero-order valence-corrected chi connectivity index (χ0v) is 30.5. The van der Waals surface area contributed by atoms with Crippen molar-refractivity contribution in [3.8, 4) is 12.3 Å². The van der Waals surface area contributed by atoms with E-state index in [1.807, 2.05) is 13.8 Å². The van der Waals surface area contributed by atoms with Crippen molar-refractivity contribution in [2.45, 2.75) is 107 Å². The van der Waals surface area contributed by atoms with Crippen LogP contribution < -0.4 is 21.3 Å². The summed E-state index contributed by atoms with van der Waals surface area (Å²) >= 11 is 0. The molecule has 3 aliphatic rings. The lowest BCUT2D eigenvalue weighted by molar-refractivity contribution is -0.145. The van der Waals surface area contributed by atoms with Crippen molar-refractivity contribution < 1.29 is 32.4 Å². The van der Waals surface area contributed by atoms with Crippen LogP contribution in [0.1, 0.15) is 79.6 Å². The first-order chi connectivity index (χ1) is 23.4. The quantitative estimate of drug-likeness (QED) is 0.139. The van der Waals surface area contributed by atoms with Crippen molar-refractivity contribution in [2.75, 3.05) is 13.1 Å². The summed E-state index contributed by atoms with van der Waals surface area (Å²) in [6.45, 7) is 13.2. The lowest BCUT2D eigenvalue weighted by Crippen LogP contribution is -2.64. The van der Waals surface area contributed by atoms with Crippen LogP contribution in [0.5, 0.6) is 0 Å². The largest absolute Gasteiger partial charge is 0.346 e. The van der Waals surface area contributed by atoms with E-state index in [2.05, 4.69) is 33.8 Å². The van der Waals surface area contributed by atoms with Crippen LogP contribution >= 0.6 is 0 Å². The minimum Gasteiger partial charge on any atom is -0.346 e. The Morgan fingerprint density at radius 2 is 1.70 bits per heavy atom. The molecule has 0 radical (unpaired) electrons. The second-order valence-electron chi connectivity index (χ2n) is 15.3. The highest BCUT2D eigenvalue weighted by atomic mass is 32.2. The number of fused-ring (bicyclic) bond motifs is 1. The first kappa shape index (κ1) is 38.6. The molecule has 5 amide bonds. The average Bonchev–Trinajstić information content (AvgIpc) is 3.38. The number of amides is 5. The minimum absolute atomic E-state index is 0.00563. The predicted molar refractivity (Wildman–Crippen MR) is 189 cm³/mol. The van der Waals surface area contributed by atoms with E-state index in [1.54, 1.807) is 39.0 Å². The molecule has 13 heteroatoms. The van der Waals surface area contributed by atoms with E-state index >= 15 is 0 Å². The Bertz CT molecular complexity index is 1640. The van der Waals surface area contributed by atoms with Gasteiger partial charge in [-0.25, -0.2) is 13.2 Å². The van der Waals surface area contributed by atoms with Gasteiger partial charge in [-0.15, -0.1) is 18.9 Å². The third-order valence-corrected chi connectivity index (χ3v) is 13.0. The Morgan fingerprint density at radius 1 is 1.06 bits per heavy atom. The molecule has 1 aromatic carbocycles. The van der Waals surface area contributed by atoms with E-state index in [1.165, 1.54) is 23.1 Å². The van der Waals surface area contributed by atoms with Gasteiger partial charge in [-0.05, 0) is 54.1 Å². The summed E-state index contributed by atoms with van der Waals surface area (Å²) in [6, 6.07) is 3.90. The van der Waals surface area contributed by atoms with Gasteiger partial charge in [0, 0.05) is 19.5 Å². The fraction of sp³-hybridized carbons (Fsp3) is 0.595. The highest BCUT2D eigenvalue weighted by molar-refractivity contribution is 7.92. The van der Waals surface area contributed by atoms with Crippen LogP contribution in [0.2, 0.25) is 0 Å². The van der Waals surface area contributed by atoms with E-state index in [0.717, 1.165) is 6.42 Å². The smallest absolute Gasteiger partial charge is 0.316 e. The molecule has 0 bridgehead atoms. The van der Waals surface area contributed by atoms with Crippen LogP contribution in [0, 0.1) is 35.0 Å². The fourth-order valence-corrected chi connectivity index (χ4v) is 9.59. The van der Waals surface area contributed by atoms with Crippen LogP contribution in [0.25, 0.3) is 0 Å². The Kier molecular flexibility index (Phi) is 11.6. The number of sulfone groups is 1. The third-order valence-electron chi connectivity index (χ3n) is 10.6. The van der Waals surface area contributed by atoms with Gasteiger partial charge >= 0.3 is 6.03 Å². The molecular weight excluding hydrogens is 659 g/mol. The zero-order chi connectivity index (χ0) is 37.1. The van der Waals surface area contributed by atoms with Crippen LogP contribution in [0.15, 0.2) is 47.9 Å². The van der Waals surface area contributed by atoms with Crippen LogP contribution in [-0.2, 0) is 29.0 Å². The number of benzene rings is 1. The highest BCUT2D eigenvalue weighted by Gasteiger charge is 2.70. The lowest BCUT2D eigenvalue weighted by Gasteiger charge is -2.40. The second-order valence-corrected chi connectivity index (χ2v) is 17.6. The van der Waals surface area contributed by atoms with Gasteiger partial charge in [-0.3, -0.25) is 19.2 Å². The molecule has 1 aromatic rings. The van der Waals surface area contributed by atoms with Gasteiger partial charge in [0.05, 0.1) is 10.9 Å². The molecule has 4 N–H and O–H groups in total. The van der Waals surface area contributed by atoms with E-state index in [4.69, 9.17) is 6.42 Å². The number of terminal acetylenes is 1. The molecule has 3 fully saturated rings. The van der Waals surface area contributed by atoms with Crippen molar-refractivity contribution in [1.82, 2.24) is 26.2 Å². The van der Waals surface area contributed by atoms with E-state index in [0.29, 0.717) is 12.8 Å². The molecule has 1 saturated heterocycles. The topological polar surface area (TPSA) is 171 Å². The molecule has 5 atom stereocenters. The molecule has 0 aromatic heterocycles. The summed E-state index contributed by atoms with van der Waals surface area (Å²) in [6.07, 6.45) is 9.52. The first-order valence-corrected chi connectivity index (χ1v) is 18.8. The maximum atomic E-state index is 14.4. The summed E-state index contributed by atoms with van der Waals surface area (Å²) in [7, 11) is -3.99. The van der Waals surface area contributed by atoms with Crippen molar-refractivity contribution in [1.29, 1.82) is 0 Å². The maximum Gasteiger partial charge on any atom is 0.316 e. The summed E-state index contributed by atoms with van der Waals surface area (Å²) in [5, 5.41) is 10.7. The molecular formula is C37H51N5O7S. The Morgan fingerprint density at radius 3 is 2.28 bits per heavy atom. The summed E-state index contributed by atoms with van der Waals surface area (Å²) in [5.74, 6) is -0.625. The number of hydrogen-bond acceptors (Lipinski definition) is 7. The summed E-state index contributed by atoms with van der Waals surface area (Å²) in [4.78, 5) is 67.8. The van der Waals surface area contributed by atoms with Crippen molar-refractivity contribution in [3.05, 3.63) is 43.0 Å². The number of carbonyl (C=O) groups is 5. The molecule has 1 aliphatic heterocycles. The third kappa shape index (κ3) is 7.75. The number of piperidine rings is 1. The van der Waals surface area contributed by atoms with Crippen molar-refractivity contribution in [2.24, 2.45) is 22.7 Å². The number of carbonyl (C=O) groups excluding carboxylic acids is 5. The van der Waals surface area contributed by atoms with E-state index in [-0.39, 0.29) is 60.9 Å². The molecule has 0 spiro atoms. The van der Waals surface area contributed by atoms with E-state index < -0.39 is 67.8 Å². The minimum atomic E-state index is -3.99. The Hall–Kier alpha value is -4.18. The van der Waals surface area contributed by atoms with Crippen molar-refractivity contribution >= 4 is 39.4 Å². The Balaban J connectivity index is 1.58. The average molecular weight is 710 g/mol. The van der Waals surface area contributed by atoms with Gasteiger partial charge in [0.1, 0.15) is 17.0 Å². The van der Waals surface area contributed by atoms with Gasteiger partial charge in [0.2, 0.25) is 27.4 Å². The molecule has 2 aliphatic carbocycles. The normalized spacial score (nSPS) is 23.2. The molecule has 272 valence electrons. The van der Waals surface area contributed by atoms with Gasteiger partial charge in [-0.2, -0.15) is 0 Å². The number of nitrogens with zero attached hydrogens (tertiary/aromatic N) is 1. The molecule has 4 rings (SSSR count). The SMILES string of the molecule is C#CCCC(NC(=O)[C@@H]1[C@@H]2C(CN1C(=O)[C@@H](NC(=O)NC1(S(=O)(=O)c3ccccc3)CCCCC1)C(C)(C)C)C2(C)C)C(=O)C(=O)NCC=C. The molecule has 2 unspecified atom stereocenters. The van der Waals surface area contributed by atoms with Crippen LogP contribution in [-0.4, -0.2) is 78.9 Å². The predicted octanol–water partition coefficient (Wildman–Crippen LogP) is 3.09. The molecule has 1 heterocycles. The fourth-order valence-electron chi connectivity index (χ4n) is 7.57. The van der Waals surface area contributed by atoms with Crippen molar-refractivity contribution in [3.63, 3.8) is 0 Å². The molecule has 2 saturated carbocycles. The Labute approximate surface area is 295 Å². The van der Waals surface area contributed by atoms with Gasteiger partial charge < -0.3 is 26.2 Å². The first-order valence-electron chi connectivity index (χ1n) is 17.3. The van der Waals surface area contributed by atoms with Crippen LogP contribution in [0.3, 0.4) is 0 Å². The number of urea groups is 1. The monoisotopic (exact) mass is 709 g/mol. The number of Topliss-reactive ketones (excluding diaryl/α,β-unsaturated/α-hetero) is 1. The number of likely N-dealkylation sites (tertiary alicyclic amines) is 1. The molecule has 50 heavy (non-hydrogen) atoms. The summed E-state index contributed by atoms with van der Waals surface area (Å²) in [5.41, 5.74) is -1.11. The van der Waals surface area contributed by atoms with E-state index in [9.17, 15) is 32.4 Å². The number of ketones is 1. The zero-order valence-electron chi connectivity index (χ0n) is 29.7. The maximum absolute atomic E-state index is 14.4. The standard InChI is InChI=1S/C37H51N5O7S/c1-8-10-19-26(29(43)32(45)38-22-9-2)39-31(44)28-27-25(36(27,6)7)23-42(28)33(46)30(35(3,4)5)40-34(47)41-37(20-15-12-16-21-37)50(48,49)24-17-13-11-14-18-24/h1,9,11,13-14,17-18,25-28,30H,2,10,12,15-16,19-23H2,3-7H3,(H,38,45)(H,39,44)(H2,40,41,47)/t25?,26?,27-,28-,30+/m0/s1. The number of rotatable bonds is 13. The highest BCUT2D eigenvalue weighted by Crippen LogP contribution is 2.65. The van der Waals surface area contributed by atoms with Crippen LogP contribution in [0.4, 0.5) is 4.79 Å². The molecule has 12 nitrogen and oxygen atoms in total. The van der Waals surface area contributed by atoms with Gasteiger partial charge in [0.15, 0.2) is 0 Å².